The van der Waals surface area contributed by atoms with Crippen LogP contribution in [0.4, 0.5) is 11.4 Å². The summed E-state index contributed by atoms with van der Waals surface area (Å²) in [6.45, 7) is 0. The van der Waals surface area contributed by atoms with Gasteiger partial charge in [-0.2, -0.15) is 5.26 Å². The molecule has 0 radical (unpaired) electrons. The lowest BCUT2D eigenvalue weighted by molar-refractivity contribution is -0.135. The molecule has 2 rings (SSSR count). The van der Waals surface area contributed by atoms with Crippen molar-refractivity contribution < 1.29 is 14.3 Å². The molecule has 1 amide bonds. The minimum atomic E-state index is -0.746. The highest BCUT2D eigenvalue weighted by atomic mass is 35.5. The number of nitriles is 1. The average Bonchev–Trinajstić information content (AvgIpc) is 2.62. The molecule has 0 fully saturated rings. The zero-order valence-electron chi connectivity index (χ0n) is 13.2. The van der Waals surface area contributed by atoms with E-state index in [1.165, 1.54) is 13.3 Å². The summed E-state index contributed by atoms with van der Waals surface area (Å²) < 4.78 is 4.49. The number of methoxy groups -OCH3 is 1. The summed E-state index contributed by atoms with van der Waals surface area (Å²) in [5.74, 6) is -1.06. The molecule has 0 saturated carbocycles. The van der Waals surface area contributed by atoms with Gasteiger partial charge in [-0.1, -0.05) is 23.7 Å². The Morgan fingerprint density at radius 3 is 2.56 bits per heavy atom. The van der Waals surface area contributed by atoms with Crippen molar-refractivity contribution in [3.63, 3.8) is 0 Å². The second-order valence-corrected chi connectivity index (χ2v) is 5.29. The molecular formula is C18H14ClN3O3. The number of hydrogen-bond acceptors (Lipinski definition) is 5. The minimum absolute atomic E-state index is 0.184. The fourth-order valence-corrected chi connectivity index (χ4v) is 2.11. The summed E-state index contributed by atoms with van der Waals surface area (Å²) in [6.07, 6.45) is 1.22. The molecule has 7 heteroatoms. The Labute approximate surface area is 149 Å². The number of nitrogens with zero attached hydrogens (tertiary/aromatic N) is 1. The first kappa shape index (κ1) is 18.0. The van der Waals surface area contributed by atoms with Crippen LogP contribution in [0.5, 0.6) is 0 Å². The number of carbonyl (C=O) groups is 2. The lowest BCUT2D eigenvalue weighted by Gasteiger charge is -2.07. The van der Waals surface area contributed by atoms with E-state index in [1.807, 2.05) is 0 Å². The van der Waals surface area contributed by atoms with Gasteiger partial charge >= 0.3 is 5.97 Å². The number of nitrogens with one attached hydrogen (secondary N) is 2. The third kappa shape index (κ3) is 5.09. The lowest BCUT2D eigenvalue weighted by Crippen LogP contribution is -2.12. The van der Waals surface area contributed by atoms with E-state index in [4.69, 9.17) is 16.9 Å². The summed E-state index contributed by atoms with van der Waals surface area (Å²) in [5, 5.41) is 14.9. The summed E-state index contributed by atoms with van der Waals surface area (Å²) in [5.41, 5.74) is 1.33. The highest BCUT2D eigenvalue weighted by Gasteiger charge is 2.09. The smallest absolute Gasteiger partial charge is 0.350 e. The van der Waals surface area contributed by atoms with Crippen LogP contribution in [0.15, 0.2) is 60.3 Å². The molecule has 0 spiro atoms. The average molecular weight is 356 g/mol. The molecule has 2 aromatic rings. The van der Waals surface area contributed by atoms with Gasteiger partial charge in [0, 0.05) is 28.2 Å². The lowest BCUT2D eigenvalue weighted by atomic mass is 10.2. The van der Waals surface area contributed by atoms with E-state index in [1.54, 1.807) is 54.6 Å². The quantitative estimate of drug-likeness (QED) is 0.486. The van der Waals surface area contributed by atoms with Crippen LogP contribution in [0.25, 0.3) is 0 Å². The molecule has 126 valence electrons. The van der Waals surface area contributed by atoms with Gasteiger partial charge in [-0.05, 0) is 36.4 Å². The Bertz CT molecular complexity index is 872. The Hall–Kier alpha value is -3.30. The number of esters is 1. The Balaban J connectivity index is 2.13. The number of anilines is 2. The van der Waals surface area contributed by atoms with Crippen LogP contribution in [0, 0.1) is 11.3 Å². The molecule has 0 atom stereocenters. The summed E-state index contributed by atoms with van der Waals surface area (Å²) in [7, 11) is 1.19. The highest BCUT2D eigenvalue weighted by molar-refractivity contribution is 6.31. The number of halogens is 1. The minimum Gasteiger partial charge on any atom is -0.465 e. The number of benzene rings is 2. The van der Waals surface area contributed by atoms with Crippen LogP contribution in [0.1, 0.15) is 10.4 Å². The normalized spacial score (nSPS) is 10.5. The van der Waals surface area contributed by atoms with Crippen molar-refractivity contribution in [3.05, 3.63) is 70.9 Å². The molecule has 25 heavy (non-hydrogen) atoms. The Kier molecular flexibility index (Phi) is 6.15. The maximum atomic E-state index is 12.3. The molecule has 0 unspecified atom stereocenters. The van der Waals surface area contributed by atoms with Crippen LogP contribution >= 0.6 is 11.6 Å². The fourth-order valence-electron chi connectivity index (χ4n) is 1.92. The van der Waals surface area contributed by atoms with E-state index in [9.17, 15) is 9.59 Å². The SMILES string of the molecule is COC(=O)/C(C#N)=C\Nc1cccc(C(=O)Nc2cccc(Cl)c2)c1. The van der Waals surface area contributed by atoms with Gasteiger partial charge in [-0.25, -0.2) is 4.79 Å². The van der Waals surface area contributed by atoms with E-state index in [0.29, 0.717) is 22.0 Å². The monoisotopic (exact) mass is 355 g/mol. The molecule has 0 aliphatic carbocycles. The predicted octanol–water partition coefficient (Wildman–Crippen LogP) is 3.58. The third-order valence-corrected chi connectivity index (χ3v) is 3.35. The van der Waals surface area contributed by atoms with Gasteiger partial charge in [-0.15, -0.1) is 0 Å². The van der Waals surface area contributed by atoms with Gasteiger partial charge in [0.1, 0.15) is 6.07 Å². The number of ether oxygens (including phenoxy) is 1. The molecule has 0 aliphatic rings. The third-order valence-electron chi connectivity index (χ3n) is 3.12. The second-order valence-electron chi connectivity index (χ2n) is 4.85. The number of carbonyl (C=O) groups excluding carboxylic acids is 2. The summed E-state index contributed by atoms with van der Waals surface area (Å²) in [4.78, 5) is 23.6. The molecule has 0 aromatic heterocycles. The van der Waals surface area contributed by atoms with E-state index < -0.39 is 5.97 Å². The standard InChI is InChI=1S/C18H14ClN3O3/c1-25-18(24)13(10-20)11-21-15-6-2-4-12(8-15)17(23)22-16-7-3-5-14(19)9-16/h2-9,11,21H,1H3,(H,22,23)/b13-11-. The van der Waals surface area contributed by atoms with E-state index in [0.717, 1.165) is 0 Å². The molecule has 2 N–H and O–H groups in total. The van der Waals surface area contributed by atoms with E-state index >= 15 is 0 Å². The predicted molar refractivity (Wildman–Crippen MR) is 95.2 cm³/mol. The maximum Gasteiger partial charge on any atom is 0.350 e. The number of amides is 1. The van der Waals surface area contributed by atoms with Crippen LogP contribution < -0.4 is 10.6 Å². The first-order valence-electron chi connectivity index (χ1n) is 7.15. The van der Waals surface area contributed by atoms with Gasteiger partial charge in [0.2, 0.25) is 0 Å². The highest BCUT2D eigenvalue weighted by Crippen LogP contribution is 2.17. The van der Waals surface area contributed by atoms with Gasteiger partial charge in [0.15, 0.2) is 5.57 Å². The van der Waals surface area contributed by atoms with Gasteiger partial charge in [0.05, 0.1) is 7.11 Å². The maximum absolute atomic E-state index is 12.3. The molecule has 2 aromatic carbocycles. The van der Waals surface area contributed by atoms with Gasteiger partial charge < -0.3 is 15.4 Å². The van der Waals surface area contributed by atoms with Crippen molar-refractivity contribution in [1.29, 1.82) is 5.26 Å². The molecule has 0 heterocycles. The first-order chi connectivity index (χ1) is 12.0. The largest absolute Gasteiger partial charge is 0.465 e. The van der Waals surface area contributed by atoms with E-state index in [-0.39, 0.29) is 11.5 Å². The summed E-state index contributed by atoms with van der Waals surface area (Å²) in [6, 6.07) is 15.1. The zero-order valence-corrected chi connectivity index (χ0v) is 14.0. The molecule has 6 nitrogen and oxygen atoms in total. The molecule has 0 bridgehead atoms. The first-order valence-corrected chi connectivity index (χ1v) is 7.53. The van der Waals surface area contributed by atoms with Crippen molar-refractivity contribution in [3.8, 4) is 6.07 Å². The van der Waals surface area contributed by atoms with Crippen molar-refractivity contribution in [2.24, 2.45) is 0 Å². The van der Waals surface area contributed by atoms with Crippen LogP contribution in [-0.2, 0) is 9.53 Å². The van der Waals surface area contributed by atoms with Crippen molar-refractivity contribution in [1.82, 2.24) is 0 Å². The topological polar surface area (TPSA) is 91.2 Å². The zero-order chi connectivity index (χ0) is 18.2. The van der Waals surface area contributed by atoms with Crippen LogP contribution in [0.2, 0.25) is 5.02 Å². The molecule has 0 saturated heterocycles. The number of hydrogen-bond donors (Lipinski definition) is 2. The second kappa shape index (κ2) is 8.52. The Morgan fingerprint density at radius 2 is 1.88 bits per heavy atom. The van der Waals surface area contributed by atoms with Crippen LogP contribution in [-0.4, -0.2) is 19.0 Å². The fraction of sp³-hybridized carbons (Fsp3) is 0.0556. The molecular weight excluding hydrogens is 342 g/mol. The molecule has 0 aliphatic heterocycles. The van der Waals surface area contributed by atoms with Gasteiger partial charge in [-0.3, -0.25) is 4.79 Å². The Morgan fingerprint density at radius 1 is 1.16 bits per heavy atom. The van der Waals surface area contributed by atoms with Crippen LogP contribution in [0.3, 0.4) is 0 Å². The van der Waals surface area contributed by atoms with Crippen molar-refractivity contribution in [2.45, 2.75) is 0 Å². The summed E-state index contributed by atoms with van der Waals surface area (Å²) >= 11 is 5.89. The van der Waals surface area contributed by atoms with E-state index in [2.05, 4.69) is 15.4 Å². The van der Waals surface area contributed by atoms with Gasteiger partial charge in [0.25, 0.3) is 5.91 Å². The van der Waals surface area contributed by atoms with Crippen molar-refractivity contribution >= 4 is 34.9 Å². The van der Waals surface area contributed by atoms with Crippen molar-refractivity contribution in [2.75, 3.05) is 17.7 Å². The number of rotatable bonds is 5.